The third-order valence-electron chi connectivity index (χ3n) is 9.39. The van der Waals surface area contributed by atoms with Crippen molar-refractivity contribution in [2.45, 2.75) is 118 Å². The van der Waals surface area contributed by atoms with Gasteiger partial charge in [0.15, 0.2) is 0 Å². The molecule has 2 aliphatic heterocycles. The van der Waals surface area contributed by atoms with Crippen molar-refractivity contribution >= 4 is 35.4 Å². The minimum atomic E-state index is -0.451. The van der Waals surface area contributed by atoms with Crippen molar-refractivity contribution in [3.8, 4) is 11.4 Å². The molecule has 6 rings (SSSR count). The van der Waals surface area contributed by atoms with Crippen molar-refractivity contribution in [3.63, 3.8) is 0 Å². The van der Waals surface area contributed by atoms with Gasteiger partial charge >= 0.3 is 12.2 Å². The number of rotatable bonds is 6. The number of aromatic nitrogens is 4. The maximum Gasteiger partial charge on any atom is 0.407 e. The van der Waals surface area contributed by atoms with Crippen LogP contribution in [0.2, 0.25) is 0 Å². The van der Waals surface area contributed by atoms with E-state index in [1.165, 1.54) is 0 Å². The number of anilines is 2. The van der Waals surface area contributed by atoms with Gasteiger partial charge in [-0.05, 0) is 105 Å². The highest BCUT2D eigenvalue weighted by atomic mass is 16.6. The lowest BCUT2D eigenvalue weighted by molar-refractivity contribution is -0.118. The number of amides is 4. The van der Waals surface area contributed by atoms with Gasteiger partial charge in [0.1, 0.15) is 0 Å². The van der Waals surface area contributed by atoms with E-state index < -0.39 is 12.2 Å². The zero-order valence-electron chi connectivity index (χ0n) is 32.8. The smallest absolute Gasteiger partial charge is 0.407 e. The third kappa shape index (κ3) is 8.92. The molecule has 0 bridgehead atoms. The molecule has 0 fully saturated rings. The fraction of sp³-hybridized carbons (Fsp3) is 0.450. The van der Waals surface area contributed by atoms with E-state index in [-0.39, 0.29) is 48.2 Å². The van der Waals surface area contributed by atoms with Gasteiger partial charge in [0, 0.05) is 77.9 Å². The van der Waals surface area contributed by atoms with E-state index in [4.69, 9.17) is 9.47 Å². The van der Waals surface area contributed by atoms with Gasteiger partial charge in [0.2, 0.25) is 11.8 Å². The third-order valence-corrected chi connectivity index (χ3v) is 9.39. The molecule has 0 saturated heterocycles. The number of alkyl carbamates (subject to hydrolysis) is 2. The number of imidazole rings is 2. The summed E-state index contributed by atoms with van der Waals surface area (Å²) in [7, 11) is 0. The summed E-state index contributed by atoms with van der Waals surface area (Å²) in [5.74, 6) is -0.0308. The number of benzene rings is 2. The number of ether oxygens (including phenoxy) is 2. The molecule has 14 nitrogen and oxygen atoms in total. The second kappa shape index (κ2) is 16.6. The molecule has 0 unspecified atom stereocenters. The molecule has 14 heteroatoms. The van der Waals surface area contributed by atoms with Crippen LogP contribution in [0.1, 0.15) is 103 Å². The van der Waals surface area contributed by atoms with Gasteiger partial charge in [0.25, 0.3) is 0 Å². The number of carbonyl (C=O) groups excluding carboxylic acids is 4. The summed E-state index contributed by atoms with van der Waals surface area (Å²) in [6, 6.07) is 11.3. The van der Waals surface area contributed by atoms with Crippen LogP contribution in [-0.2, 0) is 19.1 Å². The second-order valence-electron chi connectivity index (χ2n) is 14.6. The normalized spacial score (nSPS) is 19.0. The molecule has 54 heavy (non-hydrogen) atoms. The van der Waals surface area contributed by atoms with E-state index in [9.17, 15) is 19.2 Å². The first-order chi connectivity index (χ1) is 25.5. The Morgan fingerprint density at radius 1 is 0.741 bits per heavy atom. The van der Waals surface area contributed by atoms with Gasteiger partial charge in [0.05, 0.1) is 42.6 Å². The lowest BCUT2D eigenvalue weighted by Crippen LogP contribution is -2.45. The Bertz CT molecular complexity index is 2000. The molecule has 0 aliphatic carbocycles. The zero-order valence-corrected chi connectivity index (χ0v) is 32.8. The van der Waals surface area contributed by atoms with Gasteiger partial charge in [-0.3, -0.25) is 9.59 Å². The van der Waals surface area contributed by atoms with Crippen LogP contribution in [0.15, 0.2) is 61.4 Å². The highest BCUT2D eigenvalue weighted by molar-refractivity contribution is 5.95. The molecule has 0 radical (unpaired) electrons. The van der Waals surface area contributed by atoms with Gasteiger partial charge in [-0.25, -0.2) is 19.6 Å². The van der Waals surface area contributed by atoms with Crippen molar-refractivity contribution in [1.82, 2.24) is 29.7 Å². The molecule has 2 aromatic heterocycles. The number of nitrogens with one attached hydrogen (secondary N) is 2. The Balaban J connectivity index is 0.000000208. The first kappa shape index (κ1) is 39.5. The summed E-state index contributed by atoms with van der Waals surface area (Å²) in [6.45, 7) is 18.3. The van der Waals surface area contributed by atoms with Crippen LogP contribution in [0.5, 0.6) is 0 Å². The summed E-state index contributed by atoms with van der Waals surface area (Å²) in [5, 5.41) is 5.92. The molecule has 288 valence electrons. The number of nitrogens with zero attached hydrogens (tertiary/aromatic N) is 6. The molecule has 0 saturated carbocycles. The molecule has 4 atom stereocenters. The molecule has 2 aliphatic rings. The average Bonchev–Trinajstić information content (AvgIpc) is 3.71. The maximum absolute atomic E-state index is 12.2. The lowest BCUT2D eigenvalue weighted by Gasteiger charge is -2.39. The quantitative estimate of drug-likeness (QED) is 0.214. The number of carbonyl (C=O) groups is 4. The van der Waals surface area contributed by atoms with Crippen LogP contribution >= 0.6 is 0 Å². The standard InChI is InChI=1S/2C20H26N4O3/c1-12(2)27-20(26)22-18-8-14(4)24(15(5)25)19-7-6-16(9-17(18)19)23-10-13(3)21-11-23;1-12(2)27-20(26)22-18-8-13(3)24(15(5)25)19-7-6-16(9-17(18)19)23-11-21-10-14(23)4/h6-7,9-12,14,18H,8H2,1-5H3,(H,22,26);6-7,9-13,18H,8H2,1-5H3,(H,22,26)/t14-,18+;13-,18+/m00/s1. The Labute approximate surface area is 316 Å². The molecule has 0 spiro atoms. The maximum atomic E-state index is 12.2. The average molecular weight is 741 g/mol. The van der Waals surface area contributed by atoms with Crippen LogP contribution in [-0.4, -0.2) is 67.4 Å². The minimum absolute atomic E-state index is 0.0153. The summed E-state index contributed by atoms with van der Waals surface area (Å²) in [4.78, 5) is 60.8. The van der Waals surface area contributed by atoms with E-state index in [1.54, 1.807) is 42.5 Å². The fourth-order valence-corrected chi connectivity index (χ4v) is 7.22. The van der Waals surface area contributed by atoms with Gasteiger partial charge in [-0.2, -0.15) is 0 Å². The number of hydrogen-bond donors (Lipinski definition) is 2. The monoisotopic (exact) mass is 740 g/mol. The number of fused-ring (bicyclic) bond motifs is 2. The molecule has 2 N–H and O–H groups in total. The second-order valence-corrected chi connectivity index (χ2v) is 14.6. The van der Waals surface area contributed by atoms with Crippen molar-refractivity contribution in [2.24, 2.45) is 0 Å². The predicted molar refractivity (Wildman–Crippen MR) is 206 cm³/mol. The summed E-state index contributed by atoms with van der Waals surface area (Å²) in [6.07, 6.45) is 7.17. The zero-order chi connectivity index (χ0) is 39.4. The molecular formula is C40H52N8O6. The highest BCUT2D eigenvalue weighted by Crippen LogP contribution is 2.40. The molecule has 2 aromatic carbocycles. The predicted octanol–water partition coefficient (Wildman–Crippen LogP) is 7.00. The number of hydrogen-bond acceptors (Lipinski definition) is 8. The van der Waals surface area contributed by atoms with E-state index in [2.05, 4.69) is 20.6 Å². The largest absolute Gasteiger partial charge is 0.447 e. The minimum Gasteiger partial charge on any atom is -0.447 e. The SMILES string of the molecule is CC(=O)N1c2ccc(-n3cnc(C)c3)cc2[C@H](NC(=O)OC(C)C)C[C@@H]1C.CC(=O)N1c2ccc(-n3cncc3C)cc2[C@H](NC(=O)OC(C)C)C[C@@H]1C. The Kier molecular flexibility index (Phi) is 12.1. The van der Waals surface area contributed by atoms with E-state index in [0.717, 1.165) is 45.3 Å². The van der Waals surface area contributed by atoms with Crippen molar-refractivity contribution in [3.05, 3.63) is 84.0 Å². The first-order valence-electron chi connectivity index (χ1n) is 18.4. The van der Waals surface area contributed by atoms with Gasteiger partial charge < -0.3 is 39.0 Å². The fourth-order valence-electron chi connectivity index (χ4n) is 7.22. The van der Waals surface area contributed by atoms with Crippen LogP contribution in [0.4, 0.5) is 21.0 Å². The van der Waals surface area contributed by atoms with Crippen LogP contribution in [0.25, 0.3) is 11.4 Å². The molecular weight excluding hydrogens is 688 g/mol. The number of aryl methyl sites for hydroxylation is 2. The lowest BCUT2D eigenvalue weighted by atomic mass is 9.91. The topological polar surface area (TPSA) is 153 Å². The van der Waals surface area contributed by atoms with E-state index >= 15 is 0 Å². The Morgan fingerprint density at radius 2 is 1.22 bits per heavy atom. The van der Waals surface area contributed by atoms with Crippen LogP contribution in [0.3, 0.4) is 0 Å². The van der Waals surface area contributed by atoms with Crippen LogP contribution < -0.4 is 20.4 Å². The highest BCUT2D eigenvalue weighted by Gasteiger charge is 2.35. The van der Waals surface area contributed by atoms with Crippen molar-refractivity contribution < 1.29 is 28.7 Å². The summed E-state index contributed by atoms with van der Waals surface area (Å²) < 4.78 is 14.4. The van der Waals surface area contributed by atoms with E-state index in [1.807, 2.05) is 107 Å². The summed E-state index contributed by atoms with van der Waals surface area (Å²) in [5.41, 5.74) is 7.21. The van der Waals surface area contributed by atoms with Gasteiger partial charge in [-0.15, -0.1) is 0 Å². The van der Waals surface area contributed by atoms with Crippen molar-refractivity contribution in [2.75, 3.05) is 9.80 Å². The van der Waals surface area contributed by atoms with Crippen molar-refractivity contribution in [1.29, 1.82) is 0 Å². The molecule has 4 heterocycles. The molecule has 4 amide bonds. The molecule has 4 aromatic rings. The van der Waals surface area contributed by atoms with Gasteiger partial charge in [-0.1, -0.05) is 0 Å². The summed E-state index contributed by atoms with van der Waals surface area (Å²) >= 11 is 0. The first-order valence-corrected chi connectivity index (χ1v) is 18.4. The Morgan fingerprint density at radius 3 is 1.63 bits per heavy atom. The Hall–Kier alpha value is -5.66. The van der Waals surface area contributed by atoms with Crippen LogP contribution in [0, 0.1) is 13.8 Å². The van der Waals surface area contributed by atoms with E-state index in [0.29, 0.717) is 12.8 Å².